The van der Waals surface area contributed by atoms with Crippen LogP contribution in [0.15, 0.2) is 394 Å². The van der Waals surface area contributed by atoms with Gasteiger partial charge < -0.3 is 13.7 Å². The summed E-state index contributed by atoms with van der Waals surface area (Å²) in [5.41, 5.74) is 25.8. The first kappa shape index (κ1) is 86.3. The Bertz CT molecular complexity index is 8980. The zero-order chi connectivity index (χ0) is 95.3. The number of hydrogen-bond donors (Lipinski definition) is 0. The highest BCUT2D eigenvalue weighted by Gasteiger charge is 2.26. The maximum atomic E-state index is 10.1. The molecular weight excluding hydrogens is 1720 g/mol. The zero-order valence-corrected chi connectivity index (χ0v) is 75.2. The molecule has 0 fully saturated rings. The SMILES string of the molecule is N#Cc1cccc(-c2ccc3c(c2)c2ccccc2n3-c2ccc(C#N)cc2-c2nc(-c3ccccc3)nc(-c3ccccc3)n2)c1.[C-]#[N+]c1cccc(-c2ccc3c4ccccc4n(Cc4ccc(C#N)cc4-c4nc(C)nc(C)n4)c3c2)c1.[C-]#[N+]c1ccccc1-c1ccc2c(c1)c1cc(-c3ccccc3C#N)ccc1n2-c1ccc(C#N)cc1-c1nc(-c2ccccc2)nc(-c2ccccc2)n1. The van der Waals surface area contributed by atoms with E-state index in [-0.39, 0.29) is 0 Å². The van der Waals surface area contributed by atoms with Crippen LogP contribution in [0.25, 0.3) is 211 Å². The molecule has 6 heterocycles. The lowest BCUT2D eigenvalue weighted by Gasteiger charge is -2.15. The molecule has 19 nitrogen and oxygen atoms in total. The molecule has 0 radical (unpaired) electrons. The molecule has 0 N–H and O–H groups in total. The lowest BCUT2D eigenvalue weighted by Crippen LogP contribution is -2.05. The summed E-state index contributed by atoms with van der Waals surface area (Å²) in [5, 5.41) is 55.6. The molecular formula is C121H73N19. The Labute approximate surface area is 804 Å². The Morgan fingerprint density at radius 1 is 0.243 bits per heavy atom. The number of aromatic nitrogens is 12. The first-order valence-corrected chi connectivity index (χ1v) is 45.0. The second kappa shape index (κ2) is 37.7. The monoisotopic (exact) mass is 1790 g/mol. The van der Waals surface area contributed by atoms with Crippen molar-refractivity contribution in [3.8, 4) is 166 Å². The highest BCUT2D eigenvalue weighted by atomic mass is 15.1. The number of nitrogens with zero attached hydrogens (tertiary/aromatic N) is 19. The average molecular weight is 1790 g/mol. The molecule has 652 valence electrons. The summed E-state index contributed by atoms with van der Waals surface area (Å²) in [6.07, 6.45) is 0. The molecule has 0 spiro atoms. The second-order valence-corrected chi connectivity index (χ2v) is 33.4. The van der Waals surface area contributed by atoms with Gasteiger partial charge in [0.05, 0.1) is 110 Å². The predicted octanol–water partition coefficient (Wildman–Crippen LogP) is 28.4. The van der Waals surface area contributed by atoms with Crippen LogP contribution in [-0.2, 0) is 6.54 Å². The standard InChI is InChI=1S/C48H27N7.C41H24N6.C32H22N6/c1-51-42-19-11-10-18-38(42)35-22-25-44-40(28-35)39-27-34(37-17-9-8-16-36(37)30-50)21-24-43(39)55(44)45-23-20-31(29-49)26-41(45)48-53-46(32-12-4-2-5-13-32)52-47(54-48)33-14-6-3-7-15-33;42-25-27-10-9-15-31(22-27)32-19-21-37-34(24-32)33-16-7-8-17-36(33)47(37)38-20-18-28(26-43)23-35(38)41-45-39(29-11-3-1-4-12-29)44-40(46-41)30-13-5-2-6-14-30;1-20-35-21(2)37-32(36-20)29-15-22(18-33)11-12-25(29)19-38-30-10-5-4-9-27(30)28-14-13-24(17-31(28)38)23-7-6-8-26(16-23)34-3/h2-28H;1-24H;4-17H,19H2,1-2H3. The van der Waals surface area contributed by atoms with Crippen LogP contribution in [0.1, 0.15) is 45.0 Å². The normalized spacial score (nSPS) is 10.9. The molecule has 0 amide bonds. The minimum atomic E-state index is 0.428. The predicted molar refractivity (Wildman–Crippen MR) is 552 cm³/mol. The third-order valence-corrected chi connectivity index (χ3v) is 24.8. The molecule has 0 aliphatic rings. The molecule has 0 atom stereocenters. The summed E-state index contributed by atoms with van der Waals surface area (Å²) in [5.74, 6) is 4.89. The van der Waals surface area contributed by atoms with E-state index >= 15 is 0 Å². The topological polar surface area (TPSA) is 258 Å². The highest BCUT2D eigenvalue weighted by molar-refractivity contribution is 6.14. The molecule has 0 saturated carbocycles. The zero-order valence-electron chi connectivity index (χ0n) is 75.2. The van der Waals surface area contributed by atoms with Gasteiger partial charge >= 0.3 is 0 Å². The molecule has 6 aromatic heterocycles. The maximum Gasteiger partial charge on any atom is 0.194 e. The first-order valence-electron chi connectivity index (χ1n) is 45.0. The van der Waals surface area contributed by atoms with Gasteiger partial charge in [0.15, 0.2) is 52.1 Å². The Balaban J connectivity index is 0.000000127. The summed E-state index contributed by atoms with van der Waals surface area (Å²) >= 11 is 0. The van der Waals surface area contributed by atoms with E-state index in [1.54, 1.807) is 0 Å². The van der Waals surface area contributed by atoms with Crippen molar-refractivity contribution in [3.63, 3.8) is 0 Å². The molecule has 23 aromatic rings. The van der Waals surface area contributed by atoms with E-state index in [1.165, 1.54) is 5.39 Å². The molecule has 0 aliphatic heterocycles. The van der Waals surface area contributed by atoms with Crippen molar-refractivity contribution in [1.29, 1.82) is 26.3 Å². The largest absolute Gasteiger partial charge is 0.336 e. The fourth-order valence-corrected chi connectivity index (χ4v) is 18.3. The summed E-state index contributed by atoms with van der Waals surface area (Å²) in [6, 6.07) is 140. The van der Waals surface area contributed by atoms with Gasteiger partial charge in [-0.1, -0.05) is 267 Å². The highest BCUT2D eigenvalue weighted by Crippen LogP contribution is 2.45. The van der Waals surface area contributed by atoms with E-state index in [4.69, 9.17) is 43.0 Å². The van der Waals surface area contributed by atoms with E-state index in [9.17, 15) is 26.3 Å². The molecule has 23 rings (SSSR count). The number of aryl methyl sites for hydroxylation is 2. The van der Waals surface area contributed by atoms with E-state index in [2.05, 4.69) is 166 Å². The third kappa shape index (κ3) is 16.8. The fraction of sp³-hybridized carbons (Fsp3) is 0.0248. The average Bonchev–Trinajstić information content (AvgIpc) is 1.60. The van der Waals surface area contributed by atoms with E-state index in [0.29, 0.717) is 109 Å². The number of hydrogen-bond acceptors (Lipinski definition) is 14. The van der Waals surface area contributed by atoms with Gasteiger partial charge in [0.25, 0.3) is 0 Å². The lowest BCUT2D eigenvalue weighted by atomic mass is 9.97. The number of fused-ring (bicyclic) bond motifs is 9. The van der Waals surface area contributed by atoms with Gasteiger partial charge in [-0.25, -0.2) is 54.5 Å². The summed E-state index contributed by atoms with van der Waals surface area (Å²) in [4.78, 5) is 50.8. The minimum Gasteiger partial charge on any atom is -0.336 e. The summed E-state index contributed by atoms with van der Waals surface area (Å²) < 4.78 is 6.70. The number of para-hydroxylation sites is 3. The fourth-order valence-electron chi connectivity index (χ4n) is 18.3. The Morgan fingerprint density at radius 2 is 0.621 bits per heavy atom. The molecule has 0 aliphatic carbocycles. The van der Waals surface area contributed by atoms with Gasteiger partial charge in [-0.2, -0.15) is 26.3 Å². The Hall–Kier alpha value is -20.4. The molecule has 140 heavy (non-hydrogen) atoms. The molecule has 17 aromatic carbocycles. The van der Waals surface area contributed by atoms with Crippen molar-refractivity contribution < 1.29 is 0 Å². The number of nitriles is 5. The molecule has 0 bridgehead atoms. The molecule has 19 heteroatoms. The van der Waals surface area contributed by atoms with Gasteiger partial charge in [0.1, 0.15) is 11.6 Å². The van der Waals surface area contributed by atoms with Crippen LogP contribution in [0.4, 0.5) is 11.4 Å². The van der Waals surface area contributed by atoms with Crippen LogP contribution in [-0.4, -0.2) is 58.6 Å². The van der Waals surface area contributed by atoms with Crippen molar-refractivity contribution >= 4 is 76.8 Å². The Morgan fingerprint density at radius 3 is 1.15 bits per heavy atom. The smallest absolute Gasteiger partial charge is 0.194 e. The van der Waals surface area contributed by atoms with Crippen molar-refractivity contribution in [2.75, 3.05) is 0 Å². The van der Waals surface area contributed by atoms with Crippen molar-refractivity contribution in [1.82, 2.24) is 58.6 Å². The van der Waals surface area contributed by atoms with Gasteiger partial charge in [-0.3, -0.25) is 0 Å². The maximum absolute atomic E-state index is 10.1. The van der Waals surface area contributed by atoms with Gasteiger partial charge in [0.2, 0.25) is 0 Å². The number of rotatable bonds is 15. The van der Waals surface area contributed by atoms with Crippen LogP contribution in [0.5, 0.6) is 0 Å². The van der Waals surface area contributed by atoms with E-state index < -0.39 is 0 Å². The van der Waals surface area contributed by atoms with Crippen molar-refractivity contribution in [2.45, 2.75) is 20.4 Å². The van der Waals surface area contributed by atoms with Crippen molar-refractivity contribution in [3.05, 3.63) is 462 Å². The third-order valence-electron chi connectivity index (χ3n) is 24.8. The van der Waals surface area contributed by atoms with Crippen LogP contribution in [0.2, 0.25) is 0 Å². The quantitative estimate of drug-likeness (QED) is 0.0865. The van der Waals surface area contributed by atoms with Gasteiger partial charge in [0, 0.05) is 83.3 Å². The Kier molecular flexibility index (Phi) is 23.2. The van der Waals surface area contributed by atoms with E-state index in [0.717, 1.165) is 149 Å². The minimum absolute atomic E-state index is 0.428. The van der Waals surface area contributed by atoms with Crippen LogP contribution in [0.3, 0.4) is 0 Å². The van der Waals surface area contributed by atoms with Gasteiger partial charge in [-0.05, 0) is 191 Å². The van der Waals surface area contributed by atoms with Crippen LogP contribution >= 0.6 is 0 Å². The van der Waals surface area contributed by atoms with Gasteiger partial charge in [-0.15, -0.1) is 0 Å². The second-order valence-electron chi connectivity index (χ2n) is 33.4. The molecule has 0 unspecified atom stereocenters. The van der Waals surface area contributed by atoms with E-state index in [1.807, 2.05) is 311 Å². The molecule has 0 saturated heterocycles. The number of benzene rings is 17. The summed E-state index contributed by atoms with van der Waals surface area (Å²) in [6.45, 7) is 19.5. The summed E-state index contributed by atoms with van der Waals surface area (Å²) in [7, 11) is 0. The van der Waals surface area contributed by atoms with Crippen molar-refractivity contribution in [2.24, 2.45) is 0 Å². The lowest BCUT2D eigenvalue weighted by molar-refractivity contribution is 0.863. The van der Waals surface area contributed by atoms with Crippen LogP contribution < -0.4 is 0 Å². The van der Waals surface area contributed by atoms with Crippen LogP contribution in [0, 0.1) is 83.6 Å². The first-order chi connectivity index (χ1) is 68.9.